The number of nitriles is 1. The Labute approximate surface area is 115 Å². The first-order valence-electron chi connectivity index (χ1n) is 5.00. The number of nitrogens with zero attached hydrogens (tertiary/aromatic N) is 2. The maximum absolute atomic E-state index is 12.3. The molecule has 1 aromatic carbocycles. The van der Waals surface area contributed by atoms with Gasteiger partial charge in [-0.3, -0.25) is 0 Å². The third-order valence-corrected chi connectivity index (χ3v) is 4.71. The van der Waals surface area contributed by atoms with Gasteiger partial charge in [-0.1, -0.05) is 27.9 Å². The molecule has 0 spiro atoms. The van der Waals surface area contributed by atoms with E-state index in [-0.39, 0.29) is 18.0 Å². The minimum atomic E-state index is -3.74. The van der Waals surface area contributed by atoms with Crippen LogP contribution in [0.5, 0.6) is 0 Å². The van der Waals surface area contributed by atoms with Gasteiger partial charge >= 0.3 is 0 Å². The lowest BCUT2D eigenvalue weighted by atomic mass is 10.2. The fourth-order valence-electron chi connectivity index (χ4n) is 1.40. The Balaban J connectivity index is 3.32. The van der Waals surface area contributed by atoms with Gasteiger partial charge in [-0.15, -0.1) is 6.42 Å². The Morgan fingerprint density at radius 2 is 2.11 bits per heavy atom. The van der Waals surface area contributed by atoms with E-state index in [9.17, 15) is 8.42 Å². The molecule has 1 aromatic rings. The minimum absolute atomic E-state index is 0.123. The normalized spacial score (nSPS) is 10.9. The van der Waals surface area contributed by atoms with E-state index in [0.717, 1.165) is 4.31 Å². The zero-order valence-electron chi connectivity index (χ0n) is 9.72. The molecule has 0 amide bonds. The standard InChI is InChI=1S/C12H11BrN2O2S/c1-3-7-15(8-6-14)18(16,17)12-9-11(13)5-4-10(12)2/h1,4-5,9H,7-8H2,2H3. The van der Waals surface area contributed by atoms with Crippen LogP contribution in [0.25, 0.3) is 0 Å². The summed E-state index contributed by atoms with van der Waals surface area (Å²) in [5, 5.41) is 8.66. The predicted octanol–water partition coefficient (Wildman–Crippen LogP) is 1.91. The molecule has 0 atom stereocenters. The molecule has 0 heterocycles. The Bertz CT molecular complexity index is 610. The molecule has 94 valence electrons. The van der Waals surface area contributed by atoms with Crippen LogP contribution in [0.15, 0.2) is 27.6 Å². The molecule has 1 rings (SSSR count). The molecular formula is C12H11BrN2O2S. The third kappa shape index (κ3) is 3.11. The second kappa shape index (κ2) is 6.01. The monoisotopic (exact) mass is 326 g/mol. The van der Waals surface area contributed by atoms with E-state index in [0.29, 0.717) is 10.0 Å². The molecule has 4 nitrogen and oxygen atoms in total. The van der Waals surface area contributed by atoms with Gasteiger partial charge in [-0.05, 0) is 24.6 Å². The molecule has 0 bridgehead atoms. The molecular weight excluding hydrogens is 316 g/mol. The van der Waals surface area contributed by atoms with Gasteiger partial charge in [0.25, 0.3) is 0 Å². The molecule has 0 aliphatic heterocycles. The van der Waals surface area contributed by atoms with Crippen LogP contribution >= 0.6 is 15.9 Å². The second-order valence-corrected chi connectivity index (χ2v) is 6.37. The van der Waals surface area contributed by atoms with Crippen LogP contribution in [0.4, 0.5) is 0 Å². The molecule has 0 unspecified atom stereocenters. The van der Waals surface area contributed by atoms with Gasteiger partial charge in [0.15, 0.2) is 0 Å². The third-order valence-electron chi connectivity index (χ3n) is 2.28. The highest BCUT2D eigenvalue weighted by Crippen LogP contribution is 2.23. The van der Waals surface area contributed by atoms with Crippen molar-refractivity contribution in [3.63, 3.8) is 0 Å². The molecule has 0 radical (unpaired) electrons. The minimum Gasteiger partial charge on any atom is -0.207 e. The van der Waals surface area contributed by atoms with Crippen LogP contribution in [0, 0.1) is 30.6 Å². The first-order chi connectivity index (χ1) is 8.43. The average molecular weight is 327 g/mol. The summed E-state index contributed by atoms with van der Waals surface area (Å²) < 4.78 is 26.3. The van der Waals surface area contributed by atoms with E-state index >= 15 is 0 Å². The molecule has 6 heteroatoms. The lowest BCUT2D eigenvalue weighted by Gasteiger charge is -2.18. The number of hydrogen-bond acceptors (Lipinski definition) is 3. The maximum Gasteiger partial charge on any atom is 0.245 e. The van der Waals surface area contributed by atoms with Gasteiger partial charge in [0.2, 0.25) is 10.0 Å². The van der Waals surface area contributed by atoms with E-state index in [1.54, 1.807) is 25.1 Å². The molecule has 0 aromatic heterocycles. The fourth-order valence-corrected chi connectivity index (χ4v) is 3.41. The summed E-state index contributed by atoms with van der Waals surface area (Å²) >= 11 is 3.23. The van der Waals surface area contributed by atoms with Crippen LogP contribution in [-0.2, 0) is 10.0 Å². The summed E-state index contributed by atoms with van der Waals surface area (Å²) in [5.41, 5.74) is 0.609. The van der Waals surface area contributed by atoms with Crippen molar-refractivity contribution in [2.75, 3.05) is 13.1 Å². The zero-order chi connectivity index (χ0) is 13.8. The Hall–Kier alpha value is -1.34. The lowest BCUT2D eigenvalue weighted by molar-refractivity contribution is 0.480. The number of halogens is 1. The molecule has 0 fully saturated rings. The van der Waals surface area contributed by atoms with Crippen molar-refractivity contribution in [2.24, 2.45) is 0 Å². The van der Waals surface area contributed by atoms with Crippen molar-refractivity contribution in [3.05, 3.63) is 28.2 Å². The molecule has 0 aliphatic rings. The zero-order valence-corrected chi connectivity index (χ0v) is 12.1. The van der Waals surface area contributed by atoms with Gasteiger partial charge in [0, 0.05) is 4.47 Å². The number of hydrogen-bond donors (Lipinski definition) is 0. The van der Waals surface area contributed by atoms with Gasteiger partial charge < -0.3 is 0 Å². The van der Waals surface area contributed by atoms with Gasteiger partial charge in [0.1, 0.15) is 6.54 Å². The molecule has 0 N–H and O–H groups in total. The summed E-state index contributed by atoms with van der Waals surface area (Å²) in [6.07, 6.45) is 5.13. The SMILES string of the molecule is C#CCN(CC#N)S(=O)(=O)c1cc(Br)ccc1C. The van der Waals surface area contributed by atoms with Crippen molar-refractivity contribution < 1.29 is 8.42 Å². The van der Waals surface area contributed by atoms with Crippen molar-refractivity contribution in [1.29, 1.82) is 5.26 Å². The van der Waals surface area contributed by atoms with Crippen LogP contribution in [-0.4, -0.2) is 25.8 Å². The Morgan fingerprint density at radius 1 is 1.44 bits per heavy atom. The van der Waals surface area contributed by atoms with Crippen LogP contribution < -0.4 is 0 Å². The Kier molecular flexibility index (Phi) is 4.92. The summed E-state index contributed by atoms with van der Waals surface area (Å²) in [7, 11) is -3.74. The highest BCUT2D eigenvalue weighted by atomic mass is 79.9. The smallest absolute Gasteiger partial charge is 0.207 e. The first kappa shape index (κ1) is 14.7. The van der Waals surface area contributed by atoms with E-state index in [1.807, 2.05) is 0 Å². The maximum atomic E-state index is 12.3. The average Bonchev–Trinajstić information content (AvgIpc) is 2.32. The van der Waals surface area contributed by atoms with Crippen molar-refractivity contribution in [1.82, 2.24) is 4.31 Å². The van der Waals surface area contributed by atoms with Crippen molar-refractivity contribution in [2.45, 2.75) is 11.8 Å². The van der Waals surface area contributed by atoms with Crippen LogP contribution in [0.1, 0.15) is 5.56 Å². The number of terminal acetylenes is 1. The molecule has 0 saturated carbocycles. The van der Waals surface area contributed by atoms with Gasteiger partial charge in [0.05, 0.1) is 17.5 Å². The lowest BCUT2D eigenvalue weighted by Crippen LogP contribution is -2.32. The highest BCUT2D eigenvalue weighted by molar-refractivity contribution is 9.10. The quantitative estimate of drug-likeness (QED) is 0.627. The first-order valence-corrected chi connectivity index (χ1v) is 7.23. The number of benzene rings is 1. The van der Waals surface area contributed by atoms with Crippen LogP contribution in [0.3, 0.4) is 0 Å². The topological polar surface area (TPSA) is 61.2 Å². The second-order valence-electron chi connectivity index (χ2n) is 3.55. The van der Waals surface area contributed by atoms with Crippen LogP contribution in [0.2, 0.25) is 0 Å². The fraction of sp³-hybridized carbons (Fsp3) is 0.250. The van der Waals surface area contributed by atoms with E-state index in [4.69, 9.17) is 11.7 Å². The largest absolute Gasteiger partial charge is 0.245 e. The van der Waals surface area contributed by atoms with E-state index in [2.05, 4.69) is 21.9 Å². The summed E-state index contributed by atoms with van der Waals surface area (Å²) in [5.74, 6) is 2.25. The highest BCUT2D eigenvalue weighted by Gasteiger charge is 2.25. The summed E-state index contributed by atoms with van der Waals surface area (Å²) in [6, 6.07) is 6.75. The number of aryl methyl sites for hydroxylation is 1. The van der Waals surface area contributed by atoms with Gasteiger partial charge in [-0.2, -0.15) is 9.57 Å². The summed E-state index contributed by atoms with van der Waals surface area (Å²) in [4.78, 5) is 0.155. The Morgan fingerprint density at radius 3 is 2.67 bits per heavy atom. The van der Waals surface area contributed by atoms with Crippen molar-refractivity contribution >= 4 is 26.0 Å². The van der Waals surface area contributed by atoms with Crippen molar-refractivity contribution in [3.8, 4) is 18.4 Å². The van der Waals surface area contributed by atoms with E-state index < -0.39 is 10.0 Å². The number of rotatable bonds is 4. The number of sulfonamides is 1. The molecule has 0 aliphatic carbocycles. The van der Waals surface area contributed by atoms with Gasteiger partial charge in [-0.25, -0.2) is 8.42 Å². The molecule has 18 heavy (non-hydrogen) atoms. The molecule has 0 saturated heterocycles. The summed E-state index contributed by atoms with van der Waals surface area (Å²) in [6.45, 7) is 1.31. The van der Waals surface area contributed by atoms with E-state index in [1.165, 1.54) is 6.07 Å². The predicted molar refractivity (Wildman–Crippen MR) is 72.1 cm³/mol.